The van der Waals surface area contributed by atoms with Crippen molar-refractivity contribution in [3.05, 3.63) is 64.5 Å². The van der Waals surface area contributed by atoms with Crippen molar-refractivity contribution in [1.29, 1.82) is 0 Å². The van der Waals surface area contributed by atoms with Gasteiger partial charge in [-0.15, -0.1) is 0 Å². The van der Waals surface area contributed by atoms with E-state index < -0.39 is 5.97 Å². The van der Waals surface area contributed by atoms with Crippen LogP contribution in [-0.4, -0.2) is 24.0 Å². The highest BCUT2D eigenvalue weighted by Gasteiger charge is 2.30. The number of ketones is 1. The molecule has 0 radical (unpaired) electrons. The SMILES string of the molecule is COc1cc(CCC(=O)Oc2ccc3c(c2C)O/C(=C\c2ccc(C)o2)C3=O)on1. The van der Waals surface area contributed by atoms with E-state index in [-0.39, 0.29) is 18.0 Å². The van der Waals surface area contributed by atoms with E-state index in [1.165, 1.54) is 7.11 Å². The smallest absolute Gasteiger partial charge is 0.311 e. The number of nitrogens with zero attached hydrogens (tertiary/aromatic N) is 1. The van der Waals surface area contributed by atoms with Crippen LogP contribution in [0.4, 0.5) is 0 Å². The zero-order valence-electron chi connectivity index (χ0n) is 16.7. The van der Waals surface area contributed by atoms with E-state index in [1.54, 1.807) is 43.3 Å². The van der Waals surface area contributed by atoms with Crippen molar-refractivity contribution in [3.63, 3.8) is 0 Å². The summed E-state index contributed by atoms with van der Waals surface area (Å²) in [6, 6.07) is 8.35. The largest absolute Gasteiger partial charge is 0.479 e. The van der Waals surface area contributed by atoms with Crippen molar-refractivity contribution in [2.75, 3.05) is 7.11 Å². The van der Waals surface area contributed by atoms with Crippen molar-refractivity contribution in [3.8, 4) is 17.4 Å². The minimum absolute atomic E-state index is 0.0949. The summed E-state index contributed by atoms with van der Waals surface area (Å²) in [7, 11) is 1.48. The molecule has 1 aliphatic heterocycles. The molecule has 8 heteroatoms. The van der Waals surface area contributed by atoms with Crippen molar-refractivity contribution >= 4 is 17.8 Å². The van der Waals surface area contributed by atoms with Gasteiger partial charge in [-0.1, -0.05) is 0 Å². The molecule has 0 fully saturated rings. The zero-order valence-corrected chi connectivity index (χ0v) is 16.7. The van der Waals surface area contributed by atoms with E-state index in [1.807, 2.05) is 6.92 Å². The molecule has 0 N–H and O–H groups in total. The summed E-state index contributed by atoms with van der Waals surface area (Å²) in [6.45, 7) is 3.55. The number of methoxy groups -OCH3 is 1. The van der Waals surface area contributed by atoms with Gasteiger partial charge >= 0.3 is 5.97 Å². The highest BCUT2D eigenvalue weighted by Crippen LogP contribution is 2.39. The van der Waals surface area contributed by atoms with E-state index in [4.69, 9.17) is 23.2 Å². The number of furan rings is 1. The van der Waals surface area contributed by atoms with Gasteiger partial charge in [-0.25, -0.2) is 0 Å². The van der Waals surface area contributed by atoms with Crippen molar-refractivity contribution in [1.82, 2.24) is 5.16 Å². The highest BCUT2D eigenvalue weighted by atomic mass is 16.5. The molecule has 4 rings (SSSR count). The summed E-state index contributed by atoms with van der Waals surface area (Å²) in [5.74, 6) is 2.30. The zero-order chi connectivity index (χ0) is 21.3. The van der Waals surface area contributed by atoms with Crippen LogP contribution in [0.15, 0.2) is 45.0 Å². The minimum atomic E-state index is -0.445. The molecule has 3 aromatic rings. The van der Waals surface area contributed by atoms with Gasteiger partial charge in [-0.05, 0) is 43.3 Å². The molecule has 0 saturated heterocycles. The lowest BCUT2D eigenvalue weighted by Gasteiger charge is -2.09. The van der Waals surface area contributed by atoms with Crippen LogP contribution >= 0.6 is 0 Å². The predicted molar refractivity (Wildman–Crippen MR) is 105 cm³/mol. The first kappa shape index (κ1) is 19.5. The summed E-state index contributed by atoms with van der Waals surface area (Å²) >= 11 is 0. The van der Waals surface area contributed by atoms with Crippen LogP contribution in [0.25, 0.3) is 6.08 Å². The molecule has 0 amide bonds. The molecule has 1 aromatic carbocycles. The van der Waals surface area contributed by atoms with Crippen LogP contribution in [0.1, 0.15) is 39.6 Å². The summed E-state index contributed by atoms with van der Waals surface area (Å²) in [6.07, 6.45) is 1.97. The first-order valence-corrected chi connectivity index (χ1v) is 9.29. The molecule has 0 unspecified atom stereocenters. The van der Waals surface area contributed by atoms with Gasteiger partial charge in [0, 0.05) is 24.1 Å². The number of ether oxygens (including phenoxy) is 3. The second kappa shape index (κ2) is 7.90. The number of rotatable bonds is 6. The third-order valence-electron chi connectivity index (χ3n) is 4.62. The number of Topliss-reactive ketones (excluding diaryl/α,β-unsaturated/α-hetero) is 1. The first-order chi connectivity index (χ1) is 14.4. The first-order valence-electron chi connectivity index (χ1n) is 9.29. The summed E-state index contributed by atoms with van der Waals surface area (Å²) < 4.78 is 26.7. The molecule has 0 aliphatic carbocycles. The minimum Gasteiger partial charge on any atom is -0.479 e. The molecule has 0 spiro atoms. The lowest BCUT2D eigenvalue weighted by atomic mass is 10.1. The van der Waals surface area contributed by atoms with Gasteiger partial charge in [0.2, 0.25) is 5.78 Å². The lowest BCUT2D eigenvalue weighted by molar-refractivity contribution is -0.134. The van der Waals surface area contributed by atoms with E-state index in [9.17, 15) is 9.59 Å². The number of benzene rings is 1. The monoisotopic (exact) mass is 409 g/mol. The maximum Gasteiger partial charge on any atom is 0.311 e. The Kier molecular flexibility index (Phi) is 5.14. The fourth-order valence-electron chi connectivity index (χ4n) is 3.05. The number of esters is 1. The molecule has 0 atom stereocenters. The fourth-order valence-corrected chi connectivity index (χ4v) is 3.05. The van der Waals surface area contributed by atoms with Crippen LogP contribution in [0.5, 0.6) is 17.4 Å². The van der Waals surface area contributed by atoms with Crippen LogP contribution in [-0.2, 0) is 11.2 Å². The Balaban J connectivity index is 1.46. The van der Waals surface area contributed by atoms with Crippen LogP contribution in [0.3, 0.4) is 0 Å². The quantitative estimate of drug-likeness (QED) is 0.341. The molecule has 154 valence electrons. The lowest BCUT2D eigenvalue weighted by Crippen LogP contribution is -2.10. The Morgan fingerprint density at radius 3 is 2.73 bits per heavy atom. The second-order valence-corrected chi connectivity index (χ2v) is 6.76. The Morgan fingerprint density at radius 1 is 1.20 bits per heavy atom. The molecule has 3 heterocycles. The van der Waals surface area contributed by atoms with Gasteiger partial charge in [0.05, 0.1) is 19.1 Å². The average Bonchev–Trinajstić information content (AvgIpc) is 3.43. The Bertz CT molecular complexity index is 1150. The Hall–Kier alpha value is -3.81. The van der Waals surface area contributed by atoms with Gasteiger partial charge in [0.25, 0.3) is 5.88 Å². The van der Waals surface area contributed by atoms with Gasteiger partial charge in [-0.2, -0.15) is 0 Å². The molecule has 1 aliphatic rings. The van der Waals surface area contributed by atoms with Gasteiger partial charge < -0.3 is 23.2 Å². The van der Waals surface area contributed by atoms with Crippen molar-refractivity contribution in [2.45, 2.75) is 26.7 Å². The number of carbonyl (C=O) groups excluding carboxylic acids is 2. The number of aromatic nitrogens is 1. The van der Waals surface area contributed by atoms with E-state index >= 15 is 0 Å². The van der Waals surface area contributed by atoms with Crippen molar-refractivity contribution in [2.24, 2.45) is 0 Å². The van der Waals surface area contributed by atoms with Gasteiger partial charge in [0.1, 0.15) is 28.8 Å². The molecular weight excluding hydrogens is 390 g/mol. The number of allylic oxidation sites excluding steroid dienone is 1. The summed E-state index contributed by atoms with van der Waals surface area (Å²) in [5.41, 5.74) is 0.977. The topological polar surface area (TPSA) is 101 Å². The maximum atomic E-state index is 12.6. The Labute approximate surface area is 172 Å². The normalized spacial score (nSPS) is 14.0. The van der Waals surface area contributed by atoms with Crippen LogP contribution < -0.4 is 14.2 Å². The fraction of sp³-hybridized carbons (Fsp3) is 0.227. The van der Waals surface area contributed by atoms with E-state index in [2.05, 4.69) is 5.16 Å². The summed E-state index contributed by atoms with van der Waals surface area (Å²) in [5, 5.41) is 3.69. The van der Waals surface area contributed by atoms with Gasteiger partial charge in [0.15, 0.2) is 5.76 Å². The third-order valence-corrected chi connectivity index (χ3v) is 4.62. The average molecular weight is 409 g/mol. The number of hydrogen-bond donors (Lipinski definition) is 0. The number of hydrogen-bond acceptors (Lipinski definition) is 8. The highest BCUT2D eigenvalue weighted by molar-refractivity contribution is 6.14. The van der Waals surface area contributed by atoms with E-state index in [0.29, 0.717) is 46.4 Å². The molecule has 30 heavy (non-hydrogen) atoms. The Morgan fingerprint density at radius 2 is 2.03 bits per heavy atom. The predicted octanol–water partition coefficient (Wildman–Crippen LogP) is 4.05. The third kappa shape index (κ3) is 3.84. The molecule has 0 saturated carbocycles. The molecule has 2 aromatic heterocycles. The van der Waals surface area contributed by atoms with Crippen molar-refractivity contribution < 1.29 is 32.7 Å². The number of aryl methyl sites for hydroxylation is 2. The molecular formula is C22H19NO7. The molecule has 8 nitrogen and oxygen atoms in total. The maximum absolute atomic E-state index is 12.6. The number of carbonyl (C=O) groups is 2. The van der Waals surface area contributed by atoms with Crippen LogP contribution in [0.2, 0.25) is 0 Å². The van der Waals surface area contributed by atoms with Gasteiger partial charge in [-0.3, -0.25) is 9.59 Å². The van der Waals surface area contributed by atoms with Crippen LogP contribution in [0, 0.1) is 13.8 Å². The summed E-state index contributed by atoms with van der Waals surface area (Å²) in [4.78, 5) is 24.9. The number of fused-ring (bicyclic) bond motifs is 1. The van der Waals surface area contributed by atoms with E-state index in [0.717, 1.165) is 5.76 Å². The standard InChI is InChI=1S/C22H19NO7/c1-12-4-5-14(27-12)10-18-21(25)16-7-8-17(13(2)22(16)29-18)28-20(24)9-6-15-11-19(26-3)23-30-15/h4-5,7-8,10-11H,6,9H2,1-3H3/b18-10-. The molecule has 0 bridgehead atoms. The second-order valence-electron chi connectivity index (χ2n) is 6.76.